The maximum atomic E-state index is 12.1. The van der Waals surface area contributed by atoms with Crippen molar-refractivity contribution in [2.45, 2.75) is 19.0 Å². The summed E-state index contributed by atoms with van der Waals surface area (Å²) in [7, 11) is 5.26. The number of carbonyl (C=O) groups excluding carboxylic acids is 1. The minimum absolute atomic E-state index is 0.100. The van der Waals surface area contributed by atoms with Crippen LogP contribution in [-0.2, 0) is 18.9 Å². The molecule has 9 heteroatoms. The van der Waals surface area contributed by atoms with Gasteiger partial charge in [0, 0.05) is 33.4 Å². The Hall–Kier alpha value is -2.03. The summed E-state index contributed by atoms with van der Waals surface area (Å²) in [5.74, 6) is 1.60. The molecule has 0 aliphatic carbocycles. The Morgan fingerprint density at radius 2 is 2.00 bits per heavy atom. The zero-order valence-electron chi connectivity index (χ0n) is 14.1. The van der Waals surface area contributed by atoms with Gasteiger partial charge >= 0.3 is 0 Å². The van der Waals surface area contributed by atoms with E-state index in [-0.39, 0.29) is 5.91 Å². The summed E-state index contributed by atoms with van der Waals surface area (Å²) in [6, 6.07) is 0. The van der Waals surface area contributed by atoms with Crippen molar-refractivity contribution in [3.8, 4) is 17.3 Å². The first-order valence-corrected chi connectivity index (χ1v) is 8.38. The molecule has 0 aliphatic rings. The first-order valence-electron chi connectivity index (χ1n) is 7.39. The summed E-state index contributed by atoms with van der Waals surface area (Å²) in [6.07, 6.45) is 1.83. The van der Waals surface area contributed by atoms with Crippen LogP contribution in [0.3, 0.4) is 0 Å². The second-order valence-electron chi connectivity index (χ2n) is 4.95. The molecule has 8 nitrogen and oxygen atoms in total. The predicted octanol–water partition coefficient (Wildman–Crippen LogP) is 1.18. The molecule has 2 rings (SSSR count). The molecule has 0 radical (unpaired) electrons. The van der Waals surface area contributed by atoms with E-state index < -0.39 is 0 Å². The van der Waals surface area contributed by atoms with Crippen molar-refractivity contribution in [3.63, 3.8) is 0 Å². The summed E-state index contributed by atoms with van der Waals surface area (Å²) < 4.78 is 8.78. The summed E-state index contributed by atoms with van der Waals surface area (Å²) in [5, 5.41) is 13.3. The van der Waals surface area contributed by atoms with Crippen molar-refractivity contribution in [3.05, 3.63) is 6.20 Å². The minimum Gasteiger partial charge on any atom is -0.479 e. The van der Waals surface area contributed by atoms with Gasteiger partial charge in [-0.3, -0.25) is 9.48 Å². The molecular weight excluding hydrogens is 316 g/mol. The highest BCUT2D eigenvalue weighted by Crippen LogP contribution is 2.28. The van der Waals surface area contributed by atoms with Gasteiger partial charge in [0.15, 0.2) is 11.0 Å². The van der Waals surface area contributed by atoms with Crippen LogP contribution >= 0.6 is 11.8 Å². The Morgan fingerprint density at radius 1 is 1.30 bits per heavy atom. The SMILES string of the molecule is CCN(CC)C(=O)CSc1nnc(-c2cn(C)nc2OC)n1C. The van der Waals surface area contributed by atoms with E-state index in [9.17, 15) is 4.79 Å². The van der Waals surface area contributed by atoms with Crippen molar-refractivity contribution in [2.75, 3.05) is 26.0 Å². The van der Waals surface area contributed by atoms with Gasteiger partial charge in [-0.1, -0.05) is 11.8 Å². The first-order chi connectivity index (χ1) is 11.0. The van der Waals surface area contributed by atoms with E-state index in [4.69, 9.17) is 4.74 Å². The molecule has 0 spiro atoms. The van der Waals surface area contributed by atoms with Crippen LogP contribution in [0.5, 0.6) is 5.88 Å². The first kappa shape index (κ1) is 17.3. The lowest BCUT2D eigenvalue weighted by Gasteiger charge is -2.17. The average molecular weight is 338 g/mol. The molecule has 0 saturated heterocycles. The molecule has 0 atom stereocenters. The number of hydrogen-bond donors (Lipinski definition) is 0. The molecule has 23 heavy (non-hydrogen) atoms. The zero-order valence-corrected chi connectivity index (χ0v) is 14.9. The standard InChI is InChI=1S/C14H22N6O2S/c1-6-20(7-2)11(21)9-23-14-16-15-12(19(14)4)10-8-18(3)17-13(10)22-5/h8H,6-7,9H2,1-5H3. The number of thioether (sulfide) groups is 1. The van der Waals surface area contributed by atoms with Crippen LogP contribution in [0.2, 0.25) is 0 Å². The fourth-order valence-electron chi connectivity index (χ4n) is 2.24. The highest BCUT2D eigenvalue weighted by molar-refractivity contribution is 7.99. The normalized spacial score (nSPS) is 10.8. The third kappa shape index (κ3) is 3.66. The summed E-state index contributed by atoms with van der Waals surface area (Å²) >= 11 is 1.38. The number of rotatable bonds is 7. The Labute approximate surface area is 139 Å². The van der Waals surface area contributed by atoms with E-state index in [1.807, 2.05) is 38.7 Å². The fourth-order valence-corrected chi connectivity index (χ4v) is 3.06. The number of ether oxygens (including phenoxy) is 1. The number of aryl methyl sites for hydroxylation is 1. The van der Waals surface area contributed by atoms with Gasteiger partial charge in [0.1, 0.15) is 5.56 Å². The van der Waals surface area contributed by atoms with E-state index in [1.165, 1.54) is 11.8 Å². The molecule has 2 heterocycles. The van der Waals surface area contributed by atoms with Crippen molar-refractivity contribution in [2.24, 2.45) is 14.1 Å². The van der Waals surface area contributed by atoms with Crippen LogP contribution < -0.4 is 4.74 Å². The summed E-state index contributed by atoms with van der Waals surface area (Å²) in [6.45, 7) is 5.38. The van der Waals surface area contributed by atoms with Gasteiger partial charge in [0.25, 0.3) is 0 Å². The molecule has 0 unspecified atom stereocenters. The zero-order chi connectivity index (χ0) is 17.0. The molecule has 0 fully saturated rings. The second-order valence-corrected chi connectivity index (χ2v) is 5.89. The maximum Gasteiger partial charge on any atom is 0.243 e. The number of aromatic nitrogens is 5. The minimum atomic E-state index is 0.100. The lowest BCUT2D eigenvalue weighted by atomic mass is 10.3. The van der Waals surface area contributed by atoms with Gasteiger partial charge in [-0.15, -0.1) is 15.3 Å². The van der Waals surface area contributed by atoms with E-state index in [1.54, 1.807) is 16.7 Å². The van der Waals surface area contributed by atoms with Crippen LogP contribution in [0.4, 0.5) is 0 Å². The lowest BCUT2D eigenvalue weighted by Crippen LogP contribution is -2.31. The molecule has 0 aliphatic heterocycles. The van der Waals surface area contributed by atoms with E-state index in [2.05, 4.69) is 15.3 Å². The van der Waals surface area contributed by atoms with Crippen LogP contribution in [0, 0.1) is 0 Å². The fraction of sp³-hybridized carbons (Fsp3) is 0.571. The molecular formula is C14H22N6O2S. The summed E-state index contributed by atoms with van der Waals surface area (Å²) in [4.78, 5) is 13.9. The van der Waals surface area contributed by atoms with Crippen molar-refractivity contribution >= 4 is 17.7 Å². The number of carbonyl (C=O) groups is 1. The van der Waals surface area contributed by atoms with Crippen LogP contribution in [-0.4, -0.2) is 61.3 Å². The maximum absolute atomic E-state index is 12.1. The number of hydrogen-bond acceptors (Lipinski definition) is 6. The Balaban J connectivity index is 2.15. The van der Waals surface area contributed by atoms with Crippen LogP contribution in [0.25, 0.3) is 11.4 Å². The topological polar surface area (TPSA) is 78.1 Å². The van der Waals surface area contributed by atoms with Crippen LogP contribution in [0.1, 0.15) is 13.8 Å². The Morgan fingerprint density at radius 3 is 2.61 bits per heavy atom. The quantitative estimate of drug-likeness (QED) is 0.706. The highest BCUT2D eigenvalue weighted by Gasteiger charge is 2.19. The largest absolute Gasteiger partial charge is 0.479 e. The van der Waals surface area contributed by atoms with Crippen molar-refractivity contribution in [1.82, 2.24) is 29.4 Å². The van der Waals surface area contributed by atoms with Crippen molar-refractivity contribution in [1.29, 1.82) is 0 Å². The number of amides is 1. The molecule has 2 aromatic heterocycles. The molecule has 0 saturated carbocycles. The van der Waals surface area contributed by atoms with E-state index >= 15 is 0 Å². The van der Waals surface area contributed by atoms with Gasteiger partial charge in [-0.25, -0.2) is 0 Å². The van der Waals surface area contributed by atoms with Crippen LogP contribution in [0.15, 0.2) is 11.4 Å². The third-order valence-electron chi connectivity index (χ3n) is 3.50. The molecule has 2 aromatic rings. The lowest BCUT2D eigenvalue weighted by molar-refractivity contribution is -0.127. The molecule has 1 amide bonds. The van der Waals surface area contributed by atoms with E-state index in [0.717, 1.165) is 5.56 Å². The Bertz CT molecular complexity index is 677. The number of nitrogens with zero attached hydrogens (tertiary/aromatic N) is 6. The highest BCUT2D eigenvalue weighted by atomic mass is 32.2. The van der Waals surface area contributed by atoms with E-state index in [0.29, 0.717) is 35.7 Å². The molecule has 0 bridgehead atoms. The smallest absolute Gasteiger partial charge is 0.243 e. The monoisotopic (exact) mass is 338 g/mol. The molecule has 126 valence electrons. The summed E-state index contributed by atoms with van der Waals surface area (Å²) in [5.41, 5.74) is 0.770. The predicted molar refractivity (Wildman–Crippen MR) is 88.4 cm³/mol. The Kier molecular flexibility index (Phi) is 5.64. The van der Waals surface area contributed by atoms with Gasteiger partial charge < -0.3 is 14.2 Å². The second kappa shape index (κ2) is 7.49. The third-order valence-corrected chi connectivity index (χ3v) is 4.51. The van der Waals surface area contributed by atoms with Gasteiger partial charge in [-0.2, -0.15) is 0 Å². The van der Waals surface area contributed by atoms with Gasteiger partial charge in [-0.05, 0) is 13.8 Å². The van der Waals surface area contributed by atoms with Gasteiger partial charge in [0.2, 0.25) is 11.8 Å². The van der Waals surface area contributed by atoms with Gasteiger partial charge in [0.05, 0.1) is 12.9 Å². The average Bonchev–Trinajstić information content (AvgIpc) is 3.08. The molecule has 0 aromatic carbocycles. The number of methoxy groups -OCH3 is 1. The van der Waals surface area contributed by atoms with Crippen molar-refractivity contribution < 1.29 is 9.53 Å². The molecule has 0 N–H and O–H groups in total.